The molecule has 0 unspecified atom stereocenters. The van der Waals surface area contributed by atoms with Crippen molar-refractivity contribution < 1.29 is 13.2 Å². The molecule has 2 aromatic carbocycles. The highest BCUT2D eigenvalue weighted by Crippen LogP contribution is 2.42. The number of alkyl halides is 2. The van der Waals surface area contributed by atoms with Crippen LogP contribution in [-0.2, 0) is 0 Å². The Morgan fingerprint density at radius 2 is 1.73 bits per heavy atom. The SMILES string of the molecule is Cc1[nH]nc2ccc([C@@H]3C(C#N)=C(c4ccc(F)cc4)NC(C(F)F)=C3C#N)cc12. The van der Waals surface area contributed by atoms with Crippen molar-refractivity contribution in [2.24, 2.45) is 0 Å². The molecule has 0 saturated heterocycles. The van der Waals surface area contributed by atoms with Gasteiger partial charge in [0.15, 0.2) is 0 Å². The van der Waals surface area contributed by atoms with Gasteiger partial charge < -0.3 is 5.32 Å². The van der Waals surface area contributed by atoms with Crippen molar-refractivity contribution in [3.05, 3.63) is 81.9 Å². The van der Waals surface area contributed by atoms with Gasteiger partial charge in [0.1, 0.15) is 5.82 Å². The minimum absolute atomic E-state index is 0.100. The Hall–Kier alpha value is -4.04. The van der Waals surface area contributed by atoms with Gasteiger partial charge in [-0.2, -0.15) is 15.6 Å². The summed E-state index contributed by atoms with van der Waals surface area (Å²) in [5.41, 5.74) is 1.77. The fourth-order valence-electron chi connectivity index (χ4n) is 3.64. The lowest BCUT2D eigenvalue weighted by Gasteiger charge is -2.29. The van der Waals surface area contributed by atoms with Crippen LogP contribution in [0.15, 0.2) is 59.3 Å². The Morgan fingerprint density at radius 3 is 2.37 bits per heavy atom. The summed E-state index contributed by atoms with van der Waals surface area (Å²) < 4.78 is 41.1. The first-order valence-corrected chi connectivity index (χ1v) is 8.98. The van der Waals surface area contributed by atoms with Gasteiger partial charge in [0, 0.05) is 11.1 Å². The molecule has 2 heterocycles. The van der Waals surface area contributed by atoms with Crippen molar-refractivity contribution in [2.75, 3.05) is 0 Å². The van der Waals surface area contributed by atoms with E-state index < -0.39 is 23.9 Å². The monoisotopic (exact) mass is 405 g/mol. The van der Waals surface area contributed by atoms with Gasteiger partial charge in [-0.25, -0.2) is 13.2 Å². The van der Waals surface area contributed by atoms with E-state index in [1.807, 2.05) is 13.0 Å². The minimum atomic E-state index is -2.96. The number of halogens is 3. The lowest BCUT2D eigenvalue weighted by Crippen LogP contribution is -2.29. The van der Waals surface area contributed by atoms with E-state index >= 15 is 0 Å². The number of nitrogens with one attached hydrogen (secondary N) is 2. The van der Waals surface area contributed by atoms with Gasteiger partial charge in [0.2, 0.25) is 0 Å². The third-order valence-electron chi connectivity index (χ3n) is 5.09. The number of dihydropyridines is 1. The fraction of sp³-hybridized carbons (Fsp3) is 0.136. The van der Waals surface area contributed by atoms with Crippen LogP contribution in [0.1, 0.15) is 22.7 Å². The van der Waals surface area contributed by atoms with Crippen LogP contribution >= 0.6 is 0 Å². The van der Waals surface area contributed by atoms with Gasteiger partial charge in [0.05, 0.1) is 46.1 Å². The van der Waals surface area contributed by atoms with Gasteiger partial charge in [0.25, 0.3) is 6.43 Å². The number of rotatable bonds is 3. The third kappa shape index (κ3) is 3.09. The van der Waals surface area contributed by atoms with Crippen molar-refractivity contribution in [2.45, 2.75) is 19.3 Å². The summed E-state index contributed by atoms with van der Waals surface area (Å²) in [7, 11) is 0. The maximum absolute atomic E-state index is 13.8. The van der Waals surface area contributed by atoms with Crippen LogP contribution in [-0.4, -0.2) is 16.6 Å². The first-order chi connectivity index (χ1) is 14.4. The van der Waals surface area contributed by atoms with Gasteiger partial charge in [-0.05, 0) is 54.4 Å². The number of benzene rings is 2. The number of aromatic nitrogens is 2. The minimum Gasteiger partial charge on any atom is -0.352 e. The summed E-state index contributed by atoms with van der Waals surface area (Å²) >= 11 is 0. The number of nitrogens with zero attached hydrogens (tertiary/aromatic N) is 3. The Bertz CT molecular complexity index is 1290. The van der Waals surface area contributed by atoms with Crippen molar-refractivity contribution in [3.63, 3.8) is 0 Å². The topological polar surface area (TPSA) is 88.3 Å². The highest BCUT2D eigenvalue weighted by molar-refractivity contribution is 5.84. The predicted molar refractivity (Wildman–Crippen MR) is 104 cm³/mol. The molecule has 0 bridgehead atoms. The number of H-pyrrole nitrogens is 1. The van der Waals surface area contributed by atoms with Gasteiger partial charge in [-0.15, -0.1) is 0 Å². The summed E-state index contributed by atoms with van der Waals surface area (Å²) in [6.45, 7) is 1.82. The van der Waals surface area contributed by atoms with E-state index in [1.165, 1.54) is 24.3 Å². The lowest BCUT2D eigenvalue weighted by molar-refractivity contribution is 0.181. The number of fused-ring (bicyclic) bond motifs is 1. The molecule has 1 atom stereocenters. The summed E-state index contributed by atoms with van der Waals surface area (Å²) in [6, 6.07) is 14.2. The maximum Gasteiger partial charge on any atom is 0.279 e. The van der Waals surface area contributed by atoms with Crippen LogP contribution in [0.5, 0.6) is 0 Å². The molecule has 8 heteroatoms. The molecule has 0 amide bonds. The van der Waals surface area contributed by atoms with Crippen molar-refractivity contribution in [1.29, 1.82) is 10.5 Å². The van der Waals surface area contributed by atoms with Crippen LogP contribution in [0.4, 0.5) is 13.2 Å². The molecule has 148 valence electrons. The van der Waals surface area contributed by atoms with Crippen molar-refractivity contribution in [1.82, 2.24) is 15.5 Å². The Morgan fingerprint density at radius 1 is 1.03 bits per heavy atom. The number of nitriles is 2. The number of hydrogen-bond acceptors (Lipinski definition) is 4. The molecular weight excluding hydrogens is 391 g/mol. The number of allylic oxidation sites excluding steroid dienone is 3. The molecule has 1 aliphatic heterocycles. The second kappa shape index (κ2) is 7.41. The maximum atomic E-state index is 13.8. The average molecular weight is 405 g/mol. The Labute approximate surface area is 169 Å². The number of hydrogen-bond donors (Lipinski definition) is 2. The second-order valence-electron chi connectivity index (χ2n) is 6.83. The average Bonchev–Trinajstić information content (AvgIpc) is 3.12. The van der Waals surface area contributed by atoms with E-state index in [0.29, 0.717) is 16.6 Å². The van der Waals surface area contributed by atoms with Crippen LogP contribution in [0.2, 0.25) is 0 Å². The molecule has 1 aromatic heterocycles. The zero-order valence-corrected chi connectivity index (χ0v) is 15.7. The quantitative estimate of drug-likeness (QED) is 0.663. The largest absolute Gasteiger partial charge is 0.352 e. The summed E-state index contributed by atoms with van der Waals surface area (Å²) in [4.78, 5) is 0. The van der Waals surface area contributed by atoms with Crippen LogP contribution in [0.25, 0.3) is 16.6 Å². The van der Waals surface area contributed by atoms with Gasteiger partial charge in [-0.1, -0.05) is 6.07 Å². The molecule has 0 aliphatic carbocycles. The zero-order valence-electron chi connectivity index (χ0n) is 15.7. The highest BCUT2D eigenvalue weighted by Gasteiger charge is 2.35. The van der Waals surface area contributed by atoms with E-state index in [1.54, 1.807) is 18.2 Å². The Kier molecular flexibility index (Phi) is 4.77. The molecule has 0 saturated carbocycles. The van der Waals surface area contributed by atoms with E-state index in [-0.39, 0.29) is 16.8 Å². The van der Waals surface area contributed by atoms with Gasteiger partial charge >= 0.3 is 0 Å². The molecular formula is C22H14F3N5. The molecule has 1 aliphatic rings. The summed E-state index contributed by atoms with van der Waals surface area (Å²) in [5, 5.41) is 29.9. The molecule has 0 fully saturated rings. The Balaban J connectivity index is 1.99. The molecule has 30 heavy (non-hydrogen) atoms. The number of aromatic amines is 1. The molecule has 2 N–H and O–H groups in total. The van der Waals surface area contributed by atoms with E-state index in [2.05, 4.69) is 21.6 Å². The van der Waals surface area contributed by atoms with Crippen LogP contribution in [0.3, 0.4) is 0 Å². The standard InChI is InChI=1S/C22H14F3N5/c1-11-15-8-13(4-7-18(15)30-29-11)19-16(9-26)20(12-2-5-14(23)6-3-12)28-21(22(24)25)17(19)10-27/h2-8,19,22,28H,1H3,(H,29,30)/t19-/m1/s1. The number of aryl methyl sites for hydroxylation is 1. The van der Waals surface area contributed by atoms with Crippen molar-refractivity contribution >= 4 is 16.6 Å². The predicted octanol–water partition coefficient (Wildman–Crippen LogP) is 4.67. The third-order valence-corrected chi connectivity index (χ3v) is 5.09. The first kappa shape index (κ1) is 19.3. The first-order valence-electron chi connectivity index (χ1n) is 8.98. The normalized spacial score (nSPS) is 16.6. The molecule has 0 radical (unpaired) electrons. The van der Waals surface area contributed by atoms with Crippen LogP contribution in [0, 0.1) is 35.4 Å². The molecule has 5 nitrogen and oxygen atoms in total. The van der Waals surface area contributed by atoms with E-state index in [4.69, 9.17) is 0 Å². The van der Waals surface area contributed by atoms with E-state index in [9.17, 15) is 23.7 Å². The lowest BCUT2D eigenvalue weighted by atomic mass is 9.80. The molecule has 4 rings (SSSR count). The van der Waals surface area contributed by atoms with Gasteiger partial charge in [-0.3, -0.25) is 5.10 Å². The van der Waals surface area contributed by atoms with Crippen molar-refractivity contribution in [3.8, 4) is 12.1 Å². The molecule has 3 aromatic rings. The zero-order chi connectivity index (χ0) is 21.4. The summed E-state index contributed by atoms with van der Waals surface area (Å²) in [6.07, 6.45) is -2.96. The molecule has 0 spiro atoms. The smallest absolute Gasteiger partial charge is 0.279 e. The van der Waals surface area contributed by atoms with E-state index in [0.717, 1.165) is 11.1 Å². The highest BCUT2D eigenvalue weighted by atomic mass is 19.3. The second-order valence-corrected chi connectivity index (χ2v) is 6.83. The fourth-order valence-corrected chi connectivity index (χ4v) is 3.64. The summed E-state index contributed by atoms with van der Waals surface area (Å²) in [5.74, 6) is -1.49. The van der Waals surface area contributed by atoms with Crippen LogP contribution < -0.4 is 5.32 Å².